The summed E-state index contributed by atoms with van der Waals surface area (Å²) in [6.07, 6.45) is 1.79. The Morgan fingerprint density at radius 1 is 1.39 bits per heavy atom. The molecular formula is C17H17ClN2O3. The number of rotatable bonds is 4. The van der Waals surface area contributed by atoms with Gasteiger partial charge in [-0.1, -0.05) is 17.7 Å². The first-order chi connectivity index (χ1) is 11.0. The molecule has 0 spiro atoms. The van der Waals surface area contributed by atoms with E-state index in [1.165, 1.54) is 0 Å². The first-order valence-electron chi connectivity index (χ1n) is 7.40. The molecule has 0 aliphatic carbocycles. The Morgan fingerprint density at radius 3 is 2.96 bits per heavy atom. The summed E-state index contributed by atoms with van der Waals surface area (Å²) in [5.74, 6) is 0.149. The van der Waals surface area contributed by atoms with Crippen molar-refractivity contribution in [2.75, 3.05) is 11.9 Å². The number of amides is 2. The molecular weight excluding hydrogens is 316 g/mol. The van der Waals surface area contributed by atoms with E-state index < -0.39 is 0 Å². The zero-order chi connectivity index (χ0) is 16.4. The van der Waals surface area contributed by atoms with Gasteiger partial charge in [-0.2, -0.15) is 0 Å². The summed E-state index contributed by atoms with van der Waals surface area (Å²) in [5.41, 5.74) is 1.50. The van der Waals surface area contributed by atoms with E-state index in [0.717, 1.165) is 5.56 Å². The molecule has 1 aromatic carbocycles. The summed E-state index contributed by atoms with van der Waals surface area (Å²) < 4.78 is 5.25. The maximum atomic E-state index is 12.4. The first kappa shape index (κ1) is 15.6. The lowest BCUT2D eigenvalue weighted by atomic mass is 10.1. The average molecular weight is 333 g/mol. The molecule has 1 unspecified atom stereocenters. The van der Waals surface area contributed by atoms with Crippen molar-refractivity contribution in [3.05, 3.63) is 52.9 Å². The Labute approximate surface area is 139 Å². The molecule has 1 aliphatic heterocycles. The van der Waals surface area contributed by atoms with Gasteiger partial charge in [-0.05, 0) is 36.8 Å². The Bertz CT molecular complexity index is 727. The highest BCUT2D eigenvalue weighted by Gasteiger charge is 2.34. The van der Waals surface area contributed by atoms with Crippen molar-refractivity contribution in [2.45, 2.75) is 19.9 Å². The van der Waals surface area contributed by atoms with Crippen LogP contribution < -0.4 is 5.32 Å². The lowest BCUT2D eigenvalue weighted by Gasteiger charge is -2.15. The molecule has 1 fully saturated rings. The van der Waals surface area contributed by atoms with Crippen LogP contribution in [0.2, 0.25) is 5.02 Å². The van der Waals surface area contributed by atoms with Crippen LogP contribution in [0.15, 0.2) is 41.0 Å². The van der Waals surface area contributed by atoms with Gasteiger partial charge in [0.1, 0.15) is 5.76 Å². The Morgan fingerprint density at radius 2 is 2.22 bits per heavy atom. The van der Waals surface area contributed by atoms with E-state index in [1.54, 1.807) is 35.4 Å². The van der Waals surface area contributed by atoms with Crippen molar-refractivity contribution in [2.24, 2.45) is 5.92 Å². The molecule has 3 rings (SSSR count). The van der Waals surface area contributed by atoms with Crippen LogP contribution in [-0.4, -0.2) is 23.3 Å². The fourth-order valence-corrected chi connectivity index (χ4v) is 2.84. The van der Waals surface area contributed by atoms with Crippen LogP contribution in [0.25, 0.3) is 0 Å². The maximum Gasteiger partial charge on any atom is 0.229 e. The molecule has 0 saturated carbocycles. The normalized spacial score (nSPS) is 17.6. The zero-order valence-electron chi connectivity index (χ0n) is 12.7. The molecule has 1 aliphatic rings. The molecule has 5 nitrogen and oxygen atoms in total. The van der Waals surface area contributed by atoms with E-state index >= 15 is 0 Å². The third kappa shape index (κ3) is 3.40. The van der Waals surface area contributed by atoms with Gasteiger partial charge in [0.15, 0.2) is 0 Å². The number of carbonyl (C=O) groups is 2. The van der Waals surface area contributed by atoms with E-state index in [1.807, 2.05) is 13.0 Å². The summed E-state index contributed by atoms with van der Waals surface area (Å²) in [6.45, 7) is 2.64. The third-order valence-electron chi connectivity index (χ3n) is 4.04. The summed E-state index contributed by atoms with van der Waals surface area (Å²) in [4.78, 5) is 26.1. The van der Waals surface area contributed by atoms with Gasteiger partial charge in [0.2, 0.25) is 11.8 Å². The van der Waals surface area contributed by atoms with Gasteiger partial charge >= 0.3 is 0 Å². The maximum absolute atomic E-state index is 12.4. The van der Waals surface area contributed by atoms with Gasteiger partial charge in [-0.15, -0.1) is 0 Å². The van der Waals surface area contributed by atoms with Crippen molar-refractivity contribution >= 4 is 29.1 Å². The molecule has 23 heavy (non-hydrogen) atoms. The van der Waals surface area contributed by atoms with Gasteiger partial charge in [0.05, 0.1) is 18.7 Å². The number of hydrogen-bond acceptors (Lipinski definition) is 3. The second kappa shape index (κ2) is 6.46. The quantitative estimate of drug-likeness (QED) is 0.935. The van der Waals surface area contributed by atoms with Crippen LogP contribution in [0.5, 0.6) is 0 Å². The highest BCUT2D eigenvalue weighted by atomic mass is 35.5. The molecule has 1 saturated heterocycles. The largest absolute Gasteiger partial charge is 0.467 e. The van der Waals surface area contributed by atoms with Crippen LogP contribution in [0.4, 0.5) is 5.69 Å². The van der Waals surface area contributed by atoms with Gasteiger partial charge in [0, 0.05) is 23.7 Å². The molecule has 6 heteroatoms. The minimum Gasteiger partial charge on any atom is -0.467 e. The number of anilines is 1. The molecule has 0 bridgehead atoms. The fraction of sp³-hybridized carbons (Fsp3) is 0.294. The molecule has 2 aromatic rings. The molecule has 0 radical (unpaired) electrons. The van der Waals surface area contributed by atoms with Crippen LogP contribution in [-0.2, 0) is 16.1 Å². The van der Waals surface area contributed by atoms with Crippen molar-refractivity contribution in [3.8, 4) is 0 Å². The molecule has 120 valence electrons. The highest BCUT2D eigenvalue weighted by Crippen LogP contribution is 2.26. The predicted octanol–water partition coefficient (Wildman–Crippen LogP) is 3.23. The number of nitrogens with zero attached hydrogens (tertiary/aromatic N) is 1. The van der Waals surface area contributed by atoms with Gasteiger partial charge in [-0.3, -0.25) is 9.59 Å². The number of nitrogens with one attached hydrogen (secondary N) is 1. The van der Waals surface area contributed by atoms with Crippen molar-refractivity contribution in [1.29, 1.82) is 0 Å². The summed E-state index contributed by atoms with van der Waals surface area (Å²) >= 11 is 6.06. The molecule has 1 N–H and O–H groups in total. The standard InChI is InChI=1S/C17H17ClN2O3/c1-11-14(18)5-2-6-15(11)19-17(22)12-8-16(21)20(9-12)10-13-4-3-7-23-13/h2-7,12H,8-10H2,1H3,(H,19,22). The smallest absolute Gasteiger partial charge is 0.229 e. The Balaban J connectivity index is 1.64. The monoisotopic (exact) mass is 332 g/mol. The average Bonchev–Trinajstić information content (AvgIpc) is 3.15. The van der Waals surface area contributed by atoms with E-state index in [-0.39, 0.29) is 24.2 Å². The third-order valence-corrected chi connectivity index (χ3v) is 4.45. The molecule has 1 aromatic heterocycles. The SMILES string of the molecule is Cc1c(Cl)cccc1NC(=O)C1CC(=O)N(Cc2ccco2)C1. The number of carbonyl (C=O) groups excluding carboxylic acids is 2. The second-order valence-electron chi connectivity index (χ2n) is 5.66. The molecule has 2 heterocycles. The zero-order valence-corrected chi connectivity index (χ0v) is 13.5. The van der Waals surface area contributed by atoms with Gasteiger partial charge < -0.3 is 14.6 Å². The number of likely N-dealkylation sites (tertiary alicyclic amines) is 1. The summed E-state index contributed by atoms with van der Waals surface area (Å²) in [5, 5.41) is 3.47. The highest BCUT2D eigenvalue weighted by molar-refractivity contribution is 6.31. The van der Waals surface area contributed by atoms with E-state index in [0.29, 0.717) is 29.6 Å². The number of halogens is 1. The topological polar surface area (TPSA) is 62.6 Å². The predicted molar refractivity (Wildman–Crippen MR) is 87.1 cm³/mol. The van der Waals surface area contributed by atoms with E-state index in [9.17, 15) is 9.59 Å². The van der Waals surface area contributed by atoms with Gasteiger partial charge in [-0.25, -0.2) is 0 Å². The molecule has 1 atom stereocenters. The van der Waals surface area contributed by atoms with Gasteiger partial charge in [0.25, 0.3) is 0 Å². The lowest BCUT2D eigenvalue weighted by molar-refractivity contribution is -0.128. The van der Waals surface area contributed by atoms with Crippen LogP contribution >= 0.6 is 11.6 Å². The first-order valence-corrected chi connectivity index (χ1v) is 7.78. The van der Waals surface area contributed by atoms with E-state index in [4.69, 9.17) is 16.0 Å². The van der Waals surface area contributed by atoms with Crippen LogP contribution in [0, 0.1) is 12.8 Å². The van der Waals surface area contributed by atoms with Crippen molar-refractivity contribution < 1.29 is 14.0 Å². The van der Waals surface area contributed by atoms with Crippen molar-refractivity contribution in [3.63, 3.8) is 0 Å². The molecule has 2 amide bonds. The minimum absolute atomic E-state index is 0.0376. The lowest BCUT2D eigenvalue weighted by Crippen LogP contribution is -2.28. The summed E-state index contributed by atoms with van der Waals surface area (Å²) in [7, 11) is 0. The van der Waals surface area contributed by atoms with Crippen LogP contribution in [0.1, 0.15) is 17.7 Å². The number of hydrogen-bond donors (Lipinski definition) is 1. The Kier molecular flexibility index (Phi) is 4.39. The summed E-state index contributed by atoms with van der Waals surface area (Å²) in [6, 6.07) is 8.96. The van der Waals surface area contributed by atoms with Crippen LogP contribution in [0.3, 0.4) is 0 Å². The van der Waals surface area contributed by atoms with E-state index in [2.05, 4.69) is 5.32 Å². The number of benzene rings is 1. The fourth-order valence-electron chi connectivity index (χ4n) is 2.67. The minimum atomic E-state index is -0.365. The number of furan rings is 1. The Hall–Kier alpha value is -2.27. The van der Waals surface area contributed by atoms with Crippen molar-refractivity contribution in [1.82, 2.24) is 4.90 Å². The second-order valence-corrected chi connectivity index (χ2v) is 6.06.